The maximum atomic E-state index is 12.6. The molecule has 1 atom stereocenters. The Labute approximate surface area is 122 Å². The summed E-state index contributed by atoms with van der Waals surface area (Å²) in [4.78, 5) is 7.96. The Bertz CT molecular complexity index is 906. The van der Waals surface area contributed by atoms with Crippen molar-refractivity contribution in [2.24, 2.45) is 0 Å². The number of aryl methyl sites for hydroxylation is 1. The first-order valence-corrected chi connectivity index (χ1v) is 9.37. The van der Waals surface area contributed by atoms with E-state index >= 15 is 0 Å². The molecular formula is C13H12N2O4S2. The van der Waals surface area contributed by atoms with Crippen molar-refractivity contribution in [2.75, 3.05) is 5.75 Å². The summed E-state index contributed by atoms with van der Waals surface area (Å²) in [7, 11) is -7.52. The number of fused-ring (bicyclic) bond motifs is 1. The van der Waals surface area contributed by atoms with E-state index < -0.39 is 30.7 Å². The van der Waals surface area contributed by atoms with Crippen molar-refractivity contribution in [3.05, 3.63) is 47.9 Å². The Hall–Kier alpha value is -1.80. The van der Waals surface area contributed by atoms with E-state index in [9.17, 15) is 16.8 Å². The first-order chi connectivity index (χ1) is 9.82. The van der Waals surface area contributed by atoms with Crippen molar-refractivity contribution in [1.82, 2.24) is 9.97 Å². The standard InChI is InChI=1S/C13H12N2O4S2/c1-9-5-6-10-13(15-9)11(8-20(10,16)17)21(18,19)12-4-2-3-7-14-12/h2-7,11H,8H2,1H3. The Morgan fingerprint density at radius 3 is 2.62 bits per heavy atom. The summed E-state index contributed by atoms with van der Waals surface area (Å²) in [5.74, 6) is -0.488. The molecule has 0 amide bonds. The molecule has 1 aliphatic heterocycles. The van der Waals surface area contributed by atoms with Crippen molar-refractivity contribution < 1.29 is 16.8 Å². The van der Waals surface area contributed by atoms with Gasteiger partial charge in [0, 0.05) is 11.9 Å². The van der Waals surface area contributed by atoms with Gasteiger partial charge in [-0.1, -0.05) is 6.07 Å². The molecule has 0 N–H and O–H groups in total. The summed E-state index contributed by atoms with van der Waals surface area (Å²) in [6.45, 7) is 1.69. The molecule has 0 bridgehead atoms. The van der Waals surface area contributed by atoms with Crippen molar-refractivity contribution in [3.63, 3.8) is 0 Å². The average Bonchev–Trinajstić information content (AvgIpc) is 2.71. The van der Waals surface area contributed by atoms with Crippen LogP contribution in [0.3, 0.4) is 0 Å². The highest BCUT2D eigenvalue weighted by atomic mass is 32.2. The van der Waals surface area contributed by atoms with Gasteiger partial charge >= 0.3 is 0 Å². The highest BCUT2D eigenvalue weighted by molar-refractivity contribution is 7.96. The van der Waals surface area contributed by atoms with Gasteiger partial charge in [0.2, 0.25) is 9.84 Å². The zero-order valence-electron chi connectivity index (χ0n) is 11.1. The molecule has 0 aromatic carbocycles. The number of sulfone groups is 2. The van der Waals surface area contributed by atoms with Crippen molar-refractivity contribution in [2.45, 2.75) is 22.1 Å². The molecule has 2 aromatic rings. The largest absolute Gasteiger partial charge is 0.255 e. The summed E-state index contributed by atoms with van der Waals surface area (Å²) >= 11 is 0. The van der Waals surface area contributed by atoms with Crippen LogP contribution in [-0.2, 0) is 19.7 Å². The summed E-state index contributed by atoms with van der Waals surface area (Å²) in [5, 5.41) is -1.34. The van der Waals surface area contributed by atoms with E-state index in [1.807, 2.05) is 0 Å². The molecule has 2 aromatic heterocycles. The van der Waals surface area contributed by atoms with Gasteiger partial charge in [-0.05, 0) is 31.2 Å². The Balaban J connectivity index is 2.21. The molecule has 0 spiro atoms. The molecule has 3 rings (SSSR count). The van der Waals surface area contributed by atoms with Crippen LogP contribution in [0.25, 0.3) is 0 Å². The minimum atomic E-state index is -3.89. The van der Waals surface area contributed by atoms with Gasteiger partial charge in [0.25, 0.3) is 0 Å². The van der Waals surface area contributed by atoms with Crippen molar-refractivity contribution in [3.8, 4) is 0 Å². The van der Waals surface area contributed by atoms with Gasteiger partial charge in [-0.15, -0.1) is 0 Å². The van der Waals surface area contributed by atoms with Crippen LogP contribution in [-0.4, -0.2) is 32.6 Å². The second-order valence-electron chi connectivity index (χ2n) is 4.82. The normalized spacial score (nSPS) is 20.1. The van der Waals surface area contributed by atoms with Crippen LogP contribution in [0, 0.1) is 6.92 Å². The summed E-state index contributed by atoms with van der Waals surface area (Å²) in [5.41, 5.74) is 0.674. The van der Waals surface area contributed by atoms with Gasteiger partial charge in [-0.3, -0.25) is 4.98 Å². The number of rotatable bonds is 2. The molecule has 0 radical (unpaired) electrons. The van der Waals surface area contributed by atoms with Gasteiger partial charge in [0.1, 0.15) is 5.25 Å². The fourth-order valence-electron chi connectivity index (χ4n) is 2.32. The minimum absolute atomic E-state index is 0.00222. The predicted molar refractivity (Wildman–Crippen MR) is 75.2 cm³/mol. The summed E-state index contributed by atoms with van der Waals surface area (Å²) < 4.78 is 49.5. The Morgan fingerprint density at radius 1 is 1.19 bits per heavy atom. The predicted octanol–water partition coefficient (Wildman–Crippen LogP) is 1.09. The lowest BCUT2D eigenvalue weighted by molar-refractivity contribution is 0.578. The SMILES string of the molecule is Cc1ccc2c(n1)C(S(=O)(=O)c1ccccn1)CS2(=O)=O. The van der Waals surface area contributed by atoms with E-state index in [2.05, 4.69) is 9.97 Å². The van der Waals surface area contributed by atoms with Crippen LogP contribution in [0.4, 0.5) is 0 Å². The molecule has 1 unspecified atom stereocenters. The lowest BCUT2D eigenvalue weighted by atomic mass is 10.2. The number of hydrogen-bond acceptors (Lipinski definition) is 6. The summed E-state index contributed by atoms with van der Waals surface area (Å²) in [6.07, 6.45) is 1.36. The zero-order chi connectivity index (χ0) is 15.3. The smallest absolute Gasteiger partial charge is 0.205 e. The monoisotopic (exact) mass is 324 g/mol. The van der Waals surface area contributed by atoms with Crippen LogP contribution in [0.1, 0.15) is 16.6 Å². The van der Waals surface area contributed by atoms with Crippen LogP contribution < -0.4 is 0 Å². The van der Waals surface area contributed by atoms with Gasteiger partial charge in [0.05, 0.1) is 16.3 Å². The molecule has 1 aliphatic rings. The van der Waals surface area contributed by atoms with Crippen molar-refractivity contribution >= 4 is 19.7 Å². The number of hydrogen-bond donors (Lipinski definition) is 0. The zero-order valence-corrected chi connectivity index (χ0v) is 12.7. The molecule has 3 heterocycles. The number of nitrogens with zero attached hydrogens (tertiary/aromatic N) is 2. The first kappa shape index (κ1) is 14.2. The highest BCUT2D eigenvalue weighted by Gasteiger charge is 2.44. The lowest BCUT2D eigenvalue weighted by Crippen LogP contribution is -2.17. The first-order valence-electron chi connectivity index (χ1n) is 6.17. The molecule has 0 saturated carbocycles. The molecule has 8 heteroatoms. The van der Waals surface area contributed by atoms with E-state index in [-0.39, 0.29) is 15.6 Å². The molecule has 21 heavy (non-hydrogen) atoms. The van der Waals surface area contributed by atoms with Crippen molar-refractivity contribution in [1.29, 1.82) is 0 Å². The van der Waals surface area contributed by atoms with E-state index in [0.717, 1.165) is 0 Å². The van der Waals surface area contributed by atoms with Crippen LogP contribution in [0.5, 0.6) is 0 Å². The molecule has 0 saturated heterocycles. The topological polar surface area (TPSA) is 94.1 Å². The van der Waals surface area contributed by atoms with Crippen LogP contribution in [0.15, 0.2) is 46.5 Å². The van der Waals surface area contributed by atoms with E-state index in [1.165, 1.54) is 18.3 Å². The van der Waals surface area contributed by atoms with Crippen LogP contribution in [0.2, 0.25) is 0 Å². The van der Waals surface area contributed by atoms with Gasteiger partial charge < -0.3 is 0 Å². The Morgan fingerprint density at radius 2 is 1.95 bits per heavy atom. The second kappa shape index (κ2) is 4.60. The molecule has 6 nitrogen and oxygen atoms in total. The third-order valence-corrected chi connectivity index (χ3v) is 7.30. The number of aromatic nitrogens is 2. The second-order valence-corrected chi connectivity index (χ2v) is 8.90. The van der Waals surface area contributed by atoms with E-state index in [1.54, 1.807) is 25.1 Å². The molecule has 0 aliphatic carbocycles. The number of pyridine rings is 2. The average molecular weight is 324 g/mol. The fourth-order valence-corrected chi connectivity index (χ4v) is 6.41. The van der Waals surface area contributed by atoms with Gasteiger partial charge in [-0.25, -0.2) is 21.8 Å². The Kier molecular flexibility index (Phi) is 3.10. The molecule has 0 fully saturated rings. The summed E-state index contributed by atoms with van der Waals surface area (Å²) in [6, 6.07) is 7.48. The molecule has 110 valence electrons. The fraction of sp³-hybridized carbons (Fsp3) is 0.231. The third kappa shape index (κ3) is 2.24. The maximum absolute atomic E-state index is 12.6. The third-order valence-electron chi connectivity index (χ3n) is 3.34. The highest BCUT2D eigenvalue weighted by Crippen LogP contribution is 2.39. The van der Waals surface area contributed by atoms with Gasteiger partial charge in [-0.2, -0.15) is 0 Å². The minimum Gasteiger partial charge on any atom is -0.255 e. The quantitative estimate of drug-likeness (QED) is 0.820. The molecular weight excluding hydrogens is 312 g/mol. The maximum Gasteiger partial charge on any atom is 0.205 e. The van der Waals surface area contributed by atoms with E-state index in [0.29, 0.717) is 5.69 Å². The lowest BCUT2D eigenvalue weighted by Gasteiger charge is -2.10. The van der Waals surface area contributed by atoms with E-state index in [4.69, 9.17) is 0 Å². The van der Waals surface area contributed by atoms with Crippen LogP contribution >= 0.6 is 0 Å². The van der Waals surface area contributed by atoms with Gasteiger partial charge in [0.15, 0.2) is 14.9 Å².